The number of nitrogens with zero attached hydrogens (tertiary/aromatic N) is 3. The highest BCUT2D eigenvalue weighted by Crippen LogP contribution is 2.20. The molecule has 166 valence electrons. The van der Waals surface area contributed by atoms with Gasteiger partial charge in [-0.2, -0.15) is 10.4 Å². The van der Waals surface area contributed by atoms with Crippen LogP contribution in [0.5, 0.6) is 5.75 Å². The number of aromatic nitrogens is 2. The molecule has 0 saturated carbocycles. The molecule has 9 nitrogen and oxygen atoms in total. The van der Waals surface area contributed by atoms with Gasteiger partial charge in [0.1, 0.15) is 11.6 Å². The molecular formula is C22H23N5O4S. The van der Waals surface area contributed by atoms with E-state index in [0.717, 1.165) is 0 Å². The summed E-state index contributed by atoms with van der Waals surface area (Å²) in [6.07, 6.45) is 0.262. The summed E-state index contributed by atoms with van der Waals surface area (Å²) in [6, 6.07) is 15.9. The van der Waals surface area contributed by atoms with Crippen LogP contribution in [0.3, 0.4) is 0 Å². The Kier molecular flexibility index (Phi) is 7.12. The molecule has 0 aliphatic rings. The van der Waals surface area contributed by atoms with Crippen LogP contribution in [0.4, 0.5) is 11.5 Å². The summed E-state index contributed by atoms with van der Waals surface area (Å²) in [7, 11) is -3.82. The number of nitriles is 1. The molecular weight excluding hydrogens is 430 g/mol. The number of carbonyl (C=O) groups excluding carboxylic acids is 1. The Balaban J connectivity index is 1.70. The van der Waals surface area contributed by atoms with Crippen LogP contribution in [0.2, 0.25) is 0 Å². The molecule has 2 N–H and O–H groups in total. The lowest BCUT2D eigenvalue weighted by Crippen LogP contribution is -2.17. The van der Waals surface area contributed by atoms with Gasteiger partial charge in [-0.1, -0.05) is 0 Å². The van der Waals surface area contributed by atoms with E-state index in [1.807, 2.05) is 13.0 Å². The van der Waals surface area contributed by atoms with E-state index in [2.05, 4.69) is 15.1 Å². The Bertz CT molecular complexity index is 1230. The largest absolute Gasteiger partial charge is 0.494 e. The first-order chi connectivity index (χ1) is 15.3. The summed E-state index contributed by atoms with van der Waals surface area (Å²) in [4.78, 5) is 12.6. The first-order valence-corrected chi connectivity index (χ1v) is 11.4. The highest BCUT2D eigenvalue weighted by molar-refractivity contribution is 7.92. The average molecular weight is 454 g/mol. The number of sulfonamides is 1. The van der Waals surface area contributed by atoms with Gasteiger partial charge in [-0.05, 0) is 62.4 Å². The molecule has 0 radical (unpaired) electrons. The number of hydrogen-bond acceptors (Lipinski definition) is 6. The Hall–Kier alpha value is -3.84. The van der Waals surface area contributed by atoms with Crippen molar-refractivity contribution >= 4 is 27.4 Å². The second-order valence-electron chi connectivity index (χ2n) is 6.84. The SMILES string of the molecule is CCOc1ccc(NS(=O)(=O)c2ccc(C(=O)Nc3cc(C)nn3CCC#N)cc2)cc1. The minimum absolute atomic E-state index is 0.0258. The molecule has 10 heteroatoms. The summed E-state index contributed by atoms with van der Waals surface area (Å²) in [5.74, 6) is 0.707. The molecule has 0 unspecified atom stereocenters. The van der Waals surface area contributed by atoms with Crippen molar-refractivity contribution in [2.45, 2.75) is 31.7 Å². The minimum Gasteiger partial charge on any atom is -0.494 e. The average Bonchev–Trinajstić information content (AvgIpc) is 3.12. The molecule has 0 bridgehead atoms. The van der Waals surface area contributed by atoms with Crippen LogP contribution in [-0.4, -0.2) is 30.7 Å². The zero-order chi connectivity index (χ0) is 23.1. The minimum atomic E-state index is -3.82. The molecule has 0 spiro atoms. The molecule has 0 aliphatic heterocycles. The van der Waals surface area contributed by atoms with Crippen LogP contribution in [0.1, 0.15) is 29.4 Å². The summed E-state index contributed by atoms with van der Waals surface area (Å²) in [5.41, 5.74) is 1.40. The van der Waals surface area contributed by atoms with E-state index in [1.54, 1.807) is 41.9 Å². The fraction of sp³-hybridized carbons (Fsp3) is 0.227. The quantitative estimate of drug-likeness (QED) is 0.510. The standard InChI is InChI=1S/C22H23N5O4S/c1-3-31-19-9-7-18(8-10-19)26-32(29,30)20-11-5-17(6-12-20)22(28)24-21-15-16(2)25-27(21)14-4-13-23/h5-12,15,26H,3-4,14H2,1-2H3,(H,24,28). The fourth-order valence-corrected chi connectivity index (χ4v) is 4.00. The maximum Gasteiger partial charge on any atom is 0.261 e. The second-order valence-corrected chi connectivity index (χ2v) is 8.53. The Morgan fingerprint density at radius 2 is 1.84 bits per heavy atom. The summed E-state index contributed by atoms with van der Waals surface area (Å²) >= 11 is 0. The molecule has 32 heavy (non-hydrogen) atoms. The number of anilines is 2. The summed E-state index contributed by atoms with van der Waals surface area (Å²) < 4.78 is 34.7. The third-order valence-electron chi connectivity index (χ3n) is 4.42. The fourth-order valence-electron chi connectivity index (χ4n) is 2.95. The maximum absolute atomic E-state index is 12.7. The van der Waals surface area contributed by atoms with Gasteiger partial charge < -0.3 is 10.1 Å². The van der Waals surface area contributed by atoms with Gasteiger partial charge in [0, 0.05) is 17.3 Å². The molecule has 2 aromatic carbocycles. The van der Waals surface area contributed by atoms with E-state index in [0.29, 0.717) is 36.1 Å². The first kappa shape index (κ1) is 22.8. The van der Waals surface area contributed by atoms with Gasteiger partial charge in [-0.25, -0.2) is 13.1 Å². The van der Waals surface area contributed by atoms with Gasteiger partial charge >= 0.3 is 0 Å². The van der Waals surface area contributed by atoms with E-state index < -0.39 is 15.9 Å². The lowest BCUT2D eigenvalue weighted by Gasteiger charge is -2.10. The number of hydrogen-bond donors (Lipinski definition) is 2. The molecule has 1 amide bonds. The zero-order valence-corrected chi connectivity index (χ0v) is 18.5. The third-order valence-corrected chi connectivity index (χ3v) is 5.82. The maximum atomic E-state index is 12.7. The number of benzene rings is 2. The molecule has 0 fully saturated rings. The van der Waals surface area contributed by atoms with Crippen molar-refractivity contribution < 1.29 is 17.9 Å². The summed E-state index contributed by atoms with van der Waals surface area (Å²) in [5, 5.41) is 15.8. The third kappa shape index (κ3) is 5.65. The first-order valence-electron chi connectivity index (χ1n) is 9.91. The van der Waals surface area contributed by atoms with E-state index >= 15 is 0 Å². The predicted molar refractivity (Wildman–Crippen MR) is 120 cm³/mol. The van der Waals surface area contributed by atoms with Gasteiger partial charge in [-0.15, -0.1) is 0 Å². The number of aryl methyl sites for hydroxylation is 2. The molecule has 1 heterocycles. The van der Waals surface area contributed by atoms with Crippen LogP contribution in [0, 0.1) is 18.3 Å². The van der Waals surface area contributed by atoms with Crippen molar-refractivity contribution in [3.05, 3.63) is 65.9 Å². The number of amides is 1. The lowest BCUT2D eigenvalue weighted by atomic mass is 10.2. The van der Waals surface area contributed by atoms with E-state index in [-0.39, 0.29) is 16.9 Å². The van der Waals surface area contributed by atoms with Crippen LogP contribution < -0.4 is 14.8 Å². The van der Waals surface area contributed by atoms with Crippen LogP contribution in [0.25, 0.3) is 0 Å². The van der Waals surface area contributed by atoms with Crippen LogP contribution >= 0.6 is 0 Å². The van der Waals surface area contributed by atoms with Gasteiger partial charge in [0.05, 0.1) is 36.2 Å². The van der Waals surface area contributed by atoms with Crippen molar-refractivity contribution in [1.82, 2.24) is 9.78 Å². The Morgan fingerprint density at radius 3 is 2.47 bits per heavy atom. The van der Waals surface area contributed by atoms with Crippen molar-refractivity contribution in [3.63, 3.8) is 0 Å². The Labute approximate surface area is 186 Å². The van der Waals surface area contributed by atoms with Crippen molar-refractivity contribution in [3.8, 4) is 11.8 Å². The van der Waals surface area contributed by atoms with Gasteiger partial charge in [-0.3, -0.25) is 9.52 Å². The van der Waals surface area contributed by atoms with E-state index in [9.17, 15) is 13.2 Å². The molecule has 0 saturated heterocycles. The Morgan fingerprint density at radius 1 is 1.16 bits per heavy atom. The summed E-state index contributed by atoms with van der Waals surface area (Å²) in [6.45, 7) is 4.53. The lowest BCUT2D eigenvalue weighted by molar-refractivity contribution is 0.102. The number of carbonyl (C=O) groups is 1. The molecule has 0 aliphatic carbocycles. The van der Waals surface area contributed by atoms with Gasteiger partial charge in [0.25, 0.3) is 15.9 Å². The monoisotopic (exact) mass is 453 g/mol. The van der Waals surface area contributed by atoms with Crippen LogP contribution in [-0.2, 0) is 16.6 Å². The number of ether oxygens (including phenoxy) is 1. The van der Waals surface area contributed by atoms with Gasteiger partial charge in [0.15, 0.2) is 0 Å². The number of nitrogens with one attached hydrogen (secondary N) is 2. The van der Waals surface area contributed by atoms with Crippen LogP contribution in [0.15, 0.2) is 59.5 Å². The number of rotatable bonds is 9. The predicted octanol–water partition coefficient (Wildman–Crippen LogP) is 3.56. The zero-order valence-electron chi connectivity index (χ0n) is 17.7. The smallest absolute Gasteiger partial charge is 0.261 e. The normalized spacial score (nSPS) is 10.9. The molecule has 1 aromatic heterocycles. The molecule has 3 rings (SSSR count). The second kappa shape index (κ2) is 9.98. The van der Waals surface area contributed by atoms with E-state index in [1.165, 1.54) is 24.3 Å². The topological polar surface area (TPSA) is 126 Å². The van der Waals surface area contributed by atoms with Gasteiger partial charge in [0.2, 0.25) is 0 Å². The van der Waals surface area contributed by atoms with Crippen molar-refractivity contribution in [2.75, 3.05) is 16.6 Å². The van der Waals surface area contributed by atoms with Crippen molar-refractivity contribution in [2.24, 2.45) is 0 Å². The van der Waals surface area contributed by atoms with Crippen molar-refractivity contribution in [1.29, 1.82) is 5.26 Å². The highest BCUT2D eigenvalue weighted by atomic mass is 32.2. The van der Waals surface area contributed by atoms with E-state index in [4.69, 9.17) is 10.00 Å². The molecule has 3 aromatic rings. The highest BCUT2D eigenvalue weighted by Gasteiger charge is 2.16. The molecule has 0 atom stereocenters.